The SMILES string of the molecule is CNc1cccc(N(C(N)=O)[C@H]2N=C(c3ccccn3)c3ccccc3N(CC(=O)C(C)(C)C)C2=O)c1. The molecule has 2 heterocycles. The van der Waals surface area contributed by atoms with Gasteiger partial charge in [0.2, 0.25) is 6.17 Å². The Morgan fingerprint density at radius 1 is 1.05 bits per heavy atom. The van der Waals surface area contributed by atoms with Crippen LogP contribution < -0.4 is 20.9 Å². The number of rotatable bonds is 6. The molecule has 4 rings (SSSR count). The molecule has 3 aromatic rings. The van der Waals surface area contributed by atoms with Gasteiger partial charge in [0, 0.05) is 29.9 Å². The number of benzodiazepines with no additional fused rings is 1. The van der Waals surface area contributed by atoms with E-state index in [0.29, 0.717) is 28.3 Å². The van der Waals surface area contributed by atoms with Crippen LogP contribution in [0.2, 0.25) is 0 Å². The Hall–Kier alpha value is -4.53. The summed E-state index contributed by atoms with van der Waals surface area (Å²) >= 11 is 0. The second-order valence-electron chi connectivity index (χ2n) is 9.69. The van der Waals surface area contributed by atoms with Gasteiger partial charge in [-0.15, -0.1) is 0 Å². The summed E-state index contributed by atoms with van der Waals surface area (Å²) in [5, 5.41) is 3.02. The largest absolute Gasteiger partial charge is 0.388 e. The van der Waals surface area contributed by atoms with Crippen molar-refractivity contribution in [1.82, 2.24) is 4.98 Å². The van der Waals surface area contributed by atoms with Crippen molar-refractivity contribution in [2.24, 2.45) is 16.1 Å². The maximum atomic E-state index is 14.2. The maximum Gasteiger partial charge on any atom is 0.321 e. The number of amides is 3. The number of carbonyl (C=O) groups is 3. The highest BCUT2D eigenvalue weighted by Gasteiger charge is 2.40. The monoisotopic (exact) mass is 498 g/mol. The second kappa shape index (κ2) is 10.2. The first-order valence-corrected chi connectivity index (χ1v) is 11.9. The Morgan fingerprint density at radius 2 is 1.78 bits per heavy atom. The molecule has 37 heavy (non-hydrogen) atoms. The summed E-state index contributed by atoms with van der Waals surface area (Å²) in [7, 11) is 1.75. The number of carbonyl (C=O) groups excluding carboxylic acids is 3. The van der Waals surface area contributed by atoms with Crippen molar-refractivity contribution in [2.45, 2.75) is 26.9 Å². The Morgan fingerprint density at radius 3 is 2.43 bits per heavy atom. The van der Waals surface area contributed by atoms with Gasteiger partial charge in [0.1, 0.15) is 0 Å². The molecule has 1 aromatic heterocycles. The summed E-state index contributed by atoms with van der Waals surface area (Å²) in [6.45, 7) is 5.21. The van der Waals surface area contributed by atoms with Crippen LogP contribution in [0.1, 0.15) is 32.0 Å². The fourth-order valence-electron chi connectivity index (χ4n) is 4.03. The minimum Gasteiger partial charge on any atom is -0.388 e. The lowest BCUT2D eigenvalue weighted by atomic mass is 9.90. The number of aromatic nitrogens is 1. The van der Waals surface area contributed by atoms with Gasteiger partial charge in [-0.05, 0) is 36.4 Å². The number of fused-ring (bicyclic) bond motifs is 1. The maximum absolute atomic E-state index is 14.2. The van der Waals surface area contributed by atoms with E-state index in [0.717, 1.165) is 10.6 Å². The molecule has 1 aliphatic rings. The van der Waals surface area contributed by atoms with E-state index < -0.39 is 23.5 Å². The zero-order chi connectivity index (χ0) is 26.7. The summed E-state index contributed by atoms with van der Waals surface area (Å²) in [5.41, 5.74) is 8.33. The number of benzene rings is 2. The fourth-order valence-corrected chi connectivity index (χ4v) is 4.03. The lowest BCUT2D eigenvalue weighted by Crippen LogP contribution is -2.53. The number of nitrogens with zero attached hydrogens (tertiary/aromatic N) is 4. The van der Waals surface area contributed by atoms with Crippen molar-refractivity contribution in [3.8, 4) is 0 Å². The molecule has 0 bridgehead atoms. The molecular weight excluding hydrogens is 468 g/mol. The van der Waals surface area contributed by atoms with E-state index in [-0.39, 0.29) is 12.3 Å². The van der Waals surface area contributed by atoms with Crippen LogP contribution in [0, 0.1) is 5.41 Å². The van der Waals surface area contributed by atoms with Crippen LogP contribution in [-0.4, -0.2) is 48.2 Å². The fraction of sp³-hybridized carbons (Fsp3) is 0.250. The van der Waals surface area contributed by atoms with Gasteiger partial charge in [-0.2, -0.15) is 0 Å². The average Bonchev–Trinajstić information content (AvgIpc) is 2.99. The Kier molecular flexibility index (Phi) is 7.06. The van der Waals surface area contributed by atoms with Gasteiger partial charge in [-0.25, -0.2) is 9.79 Å². The number of aliphatic imine (C=N–C) groups is 1. The van der Waals surface area contributed by atoms with Gasteiger partial charge in [-0.3, -0.25) is 19.5 Å². The zero-order valence-electron chi connectivity index (χ0n) is 21.3. The van der Waals surface area contributed by atoms with Crippen molar-refractivity contribution in [3.63, 3.8) is 0 Å². The smallest absolute Gasteiger partial charge is 0.321 e. The predicted octanol–water partition coefficient (Wildman–Crippen LogP) is 3.83. The summed E-state index contributed by atoms with van der Waals surface area (Å²) < 4.78 is 0. The number of Topliss-reactive ketones (excluding diaryl/α,β-unsaturated/α-hetero) is 1. The van der Waals surface area contributed by atoms with E-state index in [2.05, 4.69) is 10.3 Å². The van der Waals surface area contributed by atoms with Crippen LogP contribution in [0.15, 0.2) is 77.9 Å². The molecule has 2 aromatic carbocycles. The summed E-state index contributed by atoms with van der Waals surface area (Å²) in [6.07, 6.45) is 0.257. The number of para-hydroxylation sites is 1. The normalized spacial score (nSPS) is 15.4. The first-order valence-electron chi connectivity index (χ1n) is 11.9. The highest BCUT2D eigenvalue weighted by atomic mass is 16.2. The summed E-state index contributed by atoms with van der Waals surface area (Å²) in [5.74, 6) is -0.692. The van der Waals surface area contributed by atoms with Crippen molar-refractivity contribution in [2.75, 3.05) is 28.7 Å². The number of pyridine rings is 1. The highest BCUT2D eigenvalue weighted by Crippen LogP contribution is 2.32. The van der Waals surface area contributed by atoms with Crippen molar-refractivity contribution >= 4 is 40.5 Å². The minimum absolute atomic E-state index is 0.140. The molecule has 3 N–H and O–H groups in total. The molecule has 3 amide bonds. The quantitative estimate of drug-likeness (QED) is 0.535. The Balaban J connectivity index is 1.96. The Bertz CT molecular complexity index is 1360. The van der Waals surface area contributed by atoms with Gasteiger partial charge >= 0.3 is 6.03 Å². The van der Waals surface area contributed by atoms with Crippen LogP contribution in [0.3, 0.4) is 0 Å². The number of hydrogen-bond donors (Lipinski definition) is 2. The van der Waals surface area contributed by atoms with Crippen LogP contribution >= 0.6 is 0 Å². The van der Waals surface area contributed by atoms with Crippen LogP contribution in [0.5, 0.6) is 0 Å². The minimum atomic E-state index is -1.37. The van der Waals surface area contributed by atoms with Crippen molar-refractivity contribution in [3.05, 3.63) is 84.2 Å². The molecule has 9 nitrogen and oxygen atoms in total. The molecule has 0 radical (unpaired) electrons. The number of urea groups is 1. The van der Waals surface area contributed by atoms with E-state index in [4.69, 9.17) is 10.7 Å². The first kappa shape index (κ1) is 25.6. The third-order valence-electron chi connectivity index (χ3n) is 6.13. The molecule has 0 saturated carbocycles. The van der Waals surface area contributed by atoms with Gasteiger partial charge in [0.25, 0.3) is 5.91 Å². The molecule has 1 aliphatic heterocycles. The second-order valence-corrected chi connectivity index (χ2v) is 9.69. The molecule has 0 unspecified atom stereocenters. The van der Waals surface area contributed by atoms with E-state index >= 15 is 0 Å². The standard InChI is InChI=1S/C28H30N6O3/c1-28(2,3)23(35)17-33-22-14-6-5-12-20(22)24(21-13-7-8-15-31-21)32-25(26(33)36)34(27(29)37)19-11-9-10-18(16-19)30-4/h5-16,25,30H,17H2,1-4H3,(H2,29,37)/t25-/m1/s1. The molecule has 1 atom stereocenters. The average molecular weight is 499 g/mol. The molecular formula is C28H30N6O3. The predicted molar refractivity (Wildman–Crippen MR) is 145 cm³/mol. The summed E-state index contributed by atoms with van der Waals surface area (Å²) in [4.78, 5) is 52.0. The van der Waals surface area contributed by atoms with E-state index in [1.54, 1.807) is 76.5 Å². The number of nitrogens with one attached hydrogen (secondary N) is 1. The molecule has 0 spiro atoms. The summed E-state index contributed by atoms with van der Waals surface area (Å²) in [6, 6.07) is 18.7. The lowest BCUT2D eigenvalue weighted by molar-refractivity contribution is -0.127. The Labute approximate surface area is 216 Å². The first-order chi connectivity index (χ1) is 17.6. The van der Waals surface area contributed by atoms with Gasteiger partial charge in [-0.1, -0.05) is 51.1 Å². The van der Waals surface area contributed by atoms with Crippen LogP contribution in [0.4, 0.5) is 21.9 Å². The van der Waals surface area contributed by atoms with E-state index in [1.807, 2.05) is 24.3 Å². The topological polar surface area (TPSA) is 121 Å². The molecule has 190 valence electrons. The molecule has 0 fully saturated rings. The third-order valence-corrected chi connectivity index (χ3v) is 6.13. The van der Waals surface area contributed by atoms with Crippen LogP contribution in [0.25, 0.3) is 0 Å². The van der Waals surface area contributed by atoms with Gasteiger partial charge in [0.05, 0.1) is 29.3 Å². The number of ketones is 1. The van der Waals surface area contributed by atoms with Crippen LogP contribution in [-0.2, 0) is 9.59 Å². The number of primary amides is 1. The van der Waals surface area contributed by atoms with E-state index in [1.165, 1.54) is 4.90 Å². The zero-order valence-corrected chi connectivity index (χ0v) is 21.3. The van der Waals surface area contributed by atoms with Gasteiger partial charge in [0.15, 0.2) is 5.78 Å². The van der Waals surface area contributed by atoms with Gasteiger partial charge < -0.3 is 16.0 Å². The van der Waals surface area contributed by atoms with E-state index in [9.17, 15) is 14.4 Å². The number of hydrogen-bond acceptors (Lipinski definition) is 6. The number of nitrogens with two attached hydrogens (primary N) is 1. The molecule has 0 aliphatic carbocycles. The molecule has 0 saturated heterocycles. The van der Waals surface area contributed by atoms with Crippen molar-refractivity contribution in [1.29, 1.82) is 0 Å². The molecule has 9 heteroatoms. The van der Waals surface area contributed by atoms with Crippen molar-refractivity contribution < 1.29 is 14.4 Å². The third kappa shape index (κ3) is 5.20. The highest BCUT2D eigenvalue weighted by molar-refractivity contribution is 6.21. The number of anilines is 3. The lowest BCUT2D eigenvalue weighted by Gasteiger charge is -2.31.